The third kappa shape index (κ3) is 3.90. The zero-order valence-corrected chi connectivity index (χ0v) is 24.8. The summed E-state index contributed by atoms with van der Waals surface area (Å²) in [6.07, 6.45) is 0. The normalized spacial score (nSPS) is 11.7. The molecule has 2 aromatic heterocycles. The molecule has 1 nitrogen and oxygen atoms in total. The topological polar surface area (TPSA) is 3.24 Å². The summed E-state index contributed by atoms with van der Waals surface area (Å²) in [5.74, 6) is 0. The maximum atomic E-state index is 2.50. The monoisotopic (exact) mass is 583 g/mol. The van der Waals surface area contributed by atoms with Gasteiger partial charge >= 0.3 is 0 Å². The summed E-state index contributed by atoms with van der Waals surface area (Å²) in [7, 11) is 0. The van der Waals surface area contributed by atoms with Gasteiger partial charge in [-0.05, 0) is 64.4 Å². The Labute approximate surface area is 257 Å². The number of anilines is 3. The SMILES string of the molecule is c1ccc(-c2ccc(N(c3cccc4sc5ccccc5c34)c3cc4ccccc4c4sc5ccccc5c34)cc2)cc1. The summed E-state index contributed by atoms with van der Waals surface area (Å²) in [4.78, 5) is 2.50. The van der Waals surface area contributed by atoms with Crippen LogP contribution in [0.1, 0.15) is 0 Å². The van der Waals surface area contributed by atoms with Gasteiger partial charge < -0.3 is 4.90 Å². The number of thiophene rings is 2. The molecule has 0 N–H and O–H groups in total. The van der Waals surface area contributed by atoms with Crippen molar-refractivity contribution in [1.29, 1.82) is 0 Å². The lowest BCUT2D eigenvalue weighted by molar-refractivity contribution is 1.32. The summed E-state index contributed by atoms with van der Waals surface area (Å²) >= 11 is 3.77. The lowest BCUT2D eigenvalue weighted by Crippen LogP contribution is -2.11. The highest BCUT2D eigenvalue weighted by Crippen LogP contribution is 2.50. The van der Waals surface area contributed by atoms with E-state index >= 15 is 0 Å². The average molecular weight is 584 g/mol. The van der Waals surface area contributed by atoms with E-state index in [4.69, 9.17) is 0 Å². The standard InChI is InChI=1S/C40H25NS2/c1-2-11-26(12-3-1)27-21-23-29(24-22-27)41(33-17-10-20-37-38(33)31-15-6-8-18-35(31)42-37)34-25-28-13-4-5-14-30(28)40-39(34)32-16-7-9-19-36(32)43-40/h1-25H. The molecule has 9 aromatic rings. The van der Waals surface area contributed by atoms with Crippen LogP contribution in [0.2, 0.25) is 0 Å². The molecule has 202 valence electrons. The van der Waals surface area contributed by atoms with Crippen LogP contribution in [0.3, 0.4) is 0 Å². The van der Waals surface area contributed by atoms with Crippen LogP contribution in [0.25, 0.3) is 62.2 Å². The van der Waals surface area contributed by atoms with E-state index < -0.39 is 0 Å². The summed E-state index contributed by atoms with van der Waals surface area (Å²) < 4.78 is 5.27. The van der Waals surface area contributed by atoms with E-state index in [1.165, 1.54) is 73.6 Å². The van der Waals surface area contributed by atoms with Gasteiger partial charge in [-0.15, -0.1) is 22.7 Å². The summed E-state index contributed by atoms with van der Waals surface area (Å²) in [5.41, 5.74) is 6.00. The van der Waals surface area contributed by atoms with Crippen molar-refractivity contribution in [2.24, 2.45) is 0 Å². The van der Waals surface area contributed by atoms with E-state index in [1.807, 2.05) is 22.7 Å². The zero-order chi connectivity index (χ0) is 28.3. The number of benzene rings is 7. The van der Waals surface area contributed by atoms with Crippen molar-refractivity contribution in [1.82, 2.24) is 0 Å². The minimum atomic E-state index is 1.15. The van der Waals surface area contributed by atoms with Gasteiger partial charge in [0, 0.05) is 46.0 Å². The minimum Gasteiger partial charge on any atom is -0.309 e. The third-order valence-electron chi connectivity index (χ3n) is 8.44. The molecule has 2 heterocycles. The number of hydrogen-bond acceptors (Lipinski definition) is 3. The van der Waals surface area contributed by atoms with Crippen LogP contribution in [0.15, 0.2) is 152 Å². The van der Waals surface area contributed by atoms with Gasteiger partial charge in [-0.2, -0.15) is 0 Å². The molecule has 0 bridgehead atoms. The Kier molecular flexibility index (Phi) is 5.62. The van der Waals surface area contributed by atoms with E-state index in [2.05, 4.69) is 157 Å². The molecule has 7 aromatic carbocycles. The molecule has 0 unspecified atom stereocenters. The largest absolute Gasteiger partial charge is 0.309 e. The van der Waals surface area contributed by atoms with Crippen molar-refractivity contribution >= 4 is 90.9 Å². The van der Waals surface area contributed by atoms with Gasteiger partial charge in [0.25, 0.3) is 0 Å². The van der Waals surface area contributed by atoms with Crippen LogP contribution < -0.4 is 4.90 Å². The first-order valence-corrected chi connectivity index (χ1v) is 16.2. The van der Waals surface area contributed by atoms with Gasteiger partial charge in [-0.25, -0.2) is 0 Å². The van der Waals surface area contributed by atoms with E-state index in [9.17, 15) is 0 Å². The Morgan fingerprint density at radius 1 is 0.395 bits per heavy atom. The Balaban J connectivity index is 1.40. The predicted molar refractivity (Wildman–Crippen MR) is 190 cm³/mol. The van der Waals surface area contributed by atoms with E-state index in [1.54, 1.807) is 0 Å². The molecule has 0 saturated heterocycles. The molecule has 9 rings (SSSR count). The van der Waals surface area contributed by atoms with Gasteiger partial charge in [0.1, 0.15) is 0 Å². The molecule has 0 spiro atoms. The Hall–Kier alpha value is -4.96. The predicted octanol–water partition coefficient (Wildman–Crippen LogP) is 12.7. The van der Waals surface area contributed by atoms with Crippen LogP contribution in [0.4, 0.5) is 17.1 Å². The molecule has 3 heteroatoms. The molecule has 0 atom stereocenters. The van der Waals surface area contributed by atoms with Crippen molar-refractivity contribution < 1.29 is 0 Å². The van der Waals surface area contributed by atoms with Crippen LogP contribution in [-0.4, -0.2) is 0 Å². The molecule has 0 radical (unpaired) electrons. The second kappa shape index (κ2) is 9.81. The molecule has 0 aliphatic rings. The Bertz CT molecular complexity index is 2450. The van der Waals surface area contributed by atoms with Gasteiger partial charge in [0.15, 0.2) is 0 Å². The summed E-state index contributed by atoms with van der Waals surface area (Å²) in [5, 5.41) is 7.78. The molecule has 0 saturated carbocycles. The zero-order valence-electron chi connectivity index (χ0n) is 23.2. The van der Waals surface area contributed by atoms with E-state index in [0.29, 0.717) is 0 Å². The van der Waals surface area contributed by atoms with E-state index in [-0.39, 0.29) is 0 Å². The fraction of sp³-hybridized carbons (Fsp3) is 0. The fourth-order valence-electron chi connectivity index (χ4n) is 6.50. The molecule has 0 aliphatic heterocycles. The highest BCUT2D eigenvalue weighted by atomic mass is 32.1. The second-order valence-electron chi connectivity index (χ2n) is 10.9. The maximum absolute atomic E-state index is 2.50. The molecule has 43 heavy (non-hydrogen) atoms. The molecular weight excluding hydrogens is 559 g/mol. The van der Waals surface area contributed by atoms with Crippen LogP contribution >= 0.6 is 22.7 Å². The van der Waals surface area contributed by atoms with Crippen molar-refractivity contribution in [2.45, 2.75) is 0 Å². The molecular formula is C40H25NS2. The first-order chi connectivity index (χ1) is 21.3. The average Bonchev–Trinajstić information content (AvgIpc) is 3.65. The highest BCUT2D eigenvalue weighted by Gasteiger charge is 2.23. The maximum Gasteiger partial charge on any atom is 0.0561 e. The van der Waals surface area contributed by atoms with Gasteiger partial charge in [-0.3, -0.25) is 0 Å². The second-order valence-corrected chi connectivity index (χ2v) is 13.1. The summed E-state index contributed by atoms with van der Waals surface area (Å²) in [6.45, 7) is 0. The molecule has 0 amide bonds. The van der Waals surface area contributed by atoms with Crippen molar-refractivity contribution in [3.8, 4) is 11.1 Å². The number of hydrogen-bond donors (Lipinski definition) is 0. The smallest absolute Gasteiger partial charge is 0.0561 e. The first-order valence-electron chi connectivity index (χ1n) is 14.5. The number of nitrogens with zero attached hydrogens (tertiary/aromatic N) is 1. The van der Waals surface area contributed by atoms with Crippen molar-refractivity contribution in [3.63, 3.8) is 0 Å². The van der Waals surface area contributed by atoms with E-state index in [0.717, 1.165) is 5.69 Å². The number of rotatable bonds is 4. The quantitative estimate of drug-likeness (QED) is 0.199. The Morgan fingerprint density at radius 2 is 1.00 bits per heavy atom. The van der Waals surface area contributed by atoms with Crippen LogP contribution in [-0.2, 0) is 0 Å². The lowest BCUT2D eigenvalue weighted by Gasteiger charge is -2.28. The lowest BCUT2D eigenvalue weighted by atomic mass is 10.0. The fourth-order valence-corrected chi connectivity index (χ4v) is 8.88. The molecule has 0 aliphatic carbocycles. The van der Waals surface area contributed by atoms with Crippen LogP contribution in [0, 0.1) is 0 Å². The minimum absolute atomic E-state index is 1.15. The van der Waals surface area contributed by atoms with Gasteiger partial charge in [-0.1, -0.05) is 109 Å². The van der Waals surface area contributed by atoms with Gasteiger partial charge in [0.05, 0.1) is 11.4 Å². The number of fused-ring (bicyclic) bond motifs is 8. The van der Waals surface area contributed by atoms with Crippen molar-refractivity contribution in [2.75, 3.05) is 4.90 Å². The molecule has 0 fully saturated rings. The highest BCUT2D eigenvalue weighted by molar-refractivity contribution is 7.27. The van der Waals surface area contributed by atoms with Crippen LogP contribution in [0.5, 0.6) is 0 Å². The van der Waals surface area contributed by atoms with Gasteiger partial charge in [0.2, 0.25) is 0 Å². The Morgan fingerprint density at radius 3 is 1.79 bits per heavy atom. The third-order valence-corrected chi connectivity index (χ3v) is 10.8. The first kappa shape index (κ1) is 24.6. The van der Waals surface area contributed by atoms with Crippen molar-refractivity contribution in [3.05, 3.63) is 152 Å². The summed E-state index contributed by atoms with van der Waals surface area (Å²) in [6, 6.07) is 55.4.